The van der Waals surface area contributed by atoms with E-state index in [0.717, 1.165) is 6.54 Å². The molecule has 1 aromatic heterocycles. The summed E-state index contributed by atoms with van der Waals surface area (Å²) >= 11 is 0. The van der Waals surface area contributed by atoms with Crippen LogP contribution < -0.4 is 10.6 Å². The van der Waals surface area contributed by atoms with Gasteiger partial charge in [-0.1, -0.05) is 19.1 Å². The maximum Gasteiger partial charge on any atom is 0.251 e. The number of carbonyl (C=O) groups excluding carboxylic acids is 2. The zero-order valence-corrected chi connectivity index (χ0v) is 12.8. The molecule has 0 spiro atoms. The first-order chi connectivity index (χ1) is 10.6. The molecule has 0 unspecified atom stereocenters. The van der Waals surface area contributed by atoms with Gasteiger partial charge in [-0.2, -0.15) is 0 Å². The third kappa shape index (κ3) is 4.05. The normalized spacial score (nSPS) is 11.9. The number of aromatic nitrogens is 1. The van der Waals surface area contributed by atoms with Gasteiger partial charge in [0.25, 0.3) is 5.91 Å². The van der Waals surface area contributed by atoms with Crippen molar-refractivity contribution in [3.05, 3.63) is 59.4 Å². The first kappa shape index (κ1) is 16.0. The van der Waals surface area contributed by atoms with Crippen LogP contribution in [0.15, 0.2) is 42.7 Å². The molecule has 2 rings (SSSR count). The van der Waals surface area contributed by atoms with Gasteiger partial charge < -0.3 is 15.6 Å². The largest absolute Gasteiger partial charge is 0.367 e. The lowest BCUT2D eigenvalue weighted by Gasteiger charge is -2.13. The summed E-state index contributed by atoms with van der Waals surface area (Å²) in [4.78, 5) is 27.0. The maximum absolute atomic E-state index is 12.1. The average molecular weight is 299 g/mol. The van der Waals surface area contributed by atoms with E-state index in [2.05, 4.69) is 15.6 Å². The molecule has 1 amide bonds. The van der Waals surface area contributed by atoms with Gasteiger partial charge in [0.1, 0.15) is 0 Å². The zero-order valence-electron chi connectivity index (χ0n) is 12.8. The summed E-state index contributed by atoms with van der Waals surface area (Å²) in [5.74, 6) is -0.195. The van der Waals surface area contributed by atoms with Gasteiger partial charge in [-0.15, -0.1) is 0 Å². The highest BCUT2D eigenvalue weighted by molar-refractivity contribution is 6.09. The highest BCUT2D eigenvalue weighted by Crippen LogP contribution is 2.10. The van der Waals surface area contributed by atoms with Crippen LogP contribution in [0, 0.1) is 0 Å². The number of hydrogen-bond acceptors (Lipinski definition) is 3. The van der Waals surface area contributed by atoms with Gasteiger partial charge in [0.15, 0.2) is 5.78 Å². The first-order valence-electron chi connectivity index (χ1n) is 7.41. The van der Waals surface area contributed by atoms with Gasteiger partial charge in [-0.05, 0) is 31.7 Å². The number of rotatable bonds is 7. The van der Waals surface area contributed by atoms with E-state index in [9.17, 15) is 9.59 Å². The van der Waals surface area contributed by atoms with Crippen molar-refractivity contribution in [3.63, 3.8) is 0 Å². The summed E-state index contributed by atoms with van der Waals surface area (Å²) in [7, 11) is 0. The second kappa shape index (κ2) is 7.56. The molecule has 22 heavy (non-hydrogen) atoms. The molecular formula is C17H21N3O2. The molecule has 2 aromatic rings. The molecule has 3 N–H and O–H groups in total. The number of ketones is 1. The van der Waals surface area contributed by atoms with Crippen LogP contribution in [-0.4, -0.2) is 35.8 Å². The molecule has 0 aliphatic rings. The quantitative estimate of drug-likeness (QED) is 0.684. The van der Waals surface area contributed by atoms with Gasteiger partial charge >= 0.3 is 0 Å². The highest BCUT2D eigenvalue weighted by atomic mass is 16.1. The third-order valence-electron chi connectivity index (χ3n) is 3.39. The van der Waals surface area contributed by atoms with Gasteiger partial charge in [-0.25, -0.2) is 0 Å². The minimum atomic E-state index is -0.134. The average Bonchev–Trinajstić information content (AvgIpc) is 3.07. The Kier molecular flexibility index (Phi) is 5.49. The SMILES string of the molecule is CCN[C@H](C)CNC(=O)c1ccc(C(=O)c2cc[nH]c2)cc1. The van der Waals surface area contributed by atoms with E-state index >= 15 is 0 Å². The fraction of sp³-hybridized carbons (Fsp3) is 0.294. The lowest BCUT2D eigenvalue weighted by atomic mass is 10.0. The van der Waals surface area contributed by atoms with Crippen LogP contribution in [0.1, 0.15) is 40.1 Å². The van der Waals surface area contributed by atoms with Crippen molar-refractivity contribution >= 4 is 11.7 Å². The lowest BCUT2D eigenvalue weighted by molar-refractivity contribution is 0.0948. The summed E-state index contributed by atoms with van der Waals surface area (Å²) in [6.45, 7) is 5.48. The molecule has 1 aromatic carbocycles. The van der Waals surface area contributed by atoms with Gasteiger partial charge in [0.05, 0.1) is 0 Å². The van der Waals surface area contributed by atoms with Crippen molar-refractivity contribution in [2.45, 2.75) is 19.9 Å². The number of aromatic amines is 1. The molecule has 0 radical (unpaired) electrons. The van der Waals surface area contributed by atoms with Crippen LogP contribution in [0.2, 0.25) is 0 Å². The number of carbonyl (C=O) groups is 2. The molecule has 0 saturated carbocycles. The van der Waals surface area contributed by atoms with Crippen LogP contribution in [0.25, 0.3) is 0 Å². The van der Waals surface area contributed by atoms with E-state index in [4.69, 9.17) is 0 Å². The predicted molar refractivity (Wildman–Crippen MR) is 86.1 cm³/mol. The van der Waals surface area contributed by atoms with Crippen LogP contribution in [0.5, 0.6) is 0 Å². The molecule has 0 bridgehead atoms. The summed E-state index contributed by atoms with van der Waals surface area (Å²) < 4.78 is 0. The van der Waals surface area contributed by atoms with Crippen molar-refractivity contribution in [3.8, 4) is 0 Å². The number of H-pyrrole nitrogens is 1. The third-order valence-corrected chi connectivity index (χ3v) is 3.39. The first-order valence-corrected chi connectivity index (χ1v) is 7.41. The summed E-state index contributed by atoms with van der Waals surface area (Å²) in [6, 6.07) is 8.66. The molecule has 0 aliphatic heterocycles. The second-order valence-corrected chi connectivity index (χ2v) is 5.17. The Morgan fingerprint density at radius 1 is 1.09 bits per heavy atom. The van der Waals surface area contributed by atoms with E-state index < -0.39 is 0 Å². The van der Waals surface area contributed by atoms with E-state index in [1.165, 1.54) is 0 Å². The minimum Gasteiger partial charge on any atom is -0.367 e. The number of hydrogen-bond donors (Lipinski definition) is 3. The van der Waals surface area contributed by atoms with Crippen LogP contribution in [0.4, 0.5) is 0 Å². The smallest absolute Gasteiger partial charge is 0.251 e. The van der Waals surface area contributed by atoms with Crippen LogP contribution in [-0.2, 0) is 0 Å². The Bertz CT molecular complexity index is 618. The molecule has 5 nitrogen and oxygen atoms in total. The van der Waals surface area contributed by atoms with Crippen LogP contribution >= 0.6 is 0 Å². The summed E-state index contributed by atoms with van der Waals surface area (Å²) in [5, 5.41) is 6.10. The van der Waals surface area contributed by atoms with E-state index in [1.807, 2.05) is 13.8 Å². The number of amides is 1. The Hall–Kier alpha value is -2.40. The fourth-order valence-corrected chi connectivity index (χ4v) is 2.17. The Morgan fingerprint density at radius 2 is 1.77 bits per heavy atom. The second-order valence-electron chi connectivity index (χ2n) is 5.17. The number of nitrogens with one attached hydrogen (secondary N) is 3. The Morgan fingerprint density at radius 3 is 2.36 bits per heavy atom. The van der Waals surface area contributed by atoms with Crippen molar-refractivity contribution in [2.75, 3.05) is 13.1 Å². The van der Waals surface area contributed by atoms with Gasteiger partial charge in [-0.3, -0.25) is 9.59 Å². The van der Waals surface area contributed by atoms with E-state index in [0.29, 0.717) is 23.2 Å². The number of likely N-dealkylation sites (N-methyl/N-ethyl adjacent to an activating group) is 1. The molecule has 5 heteroatoms. The Labute approximate surface area is 130 Å². The van der Waals surface area contributed by atoms with Gasteiger partial charge in [0, 0.05) is 41.7 Å². The van der Waals surface area contributed by atoms with Crippen molar-refractivity contribution in [1.29, 1.82) is 0 Å². The summed E-state index contributed by atoms with van der Waals surface area (Å²) in [6.07, 6.45) is 3.37. The molecule has 0 aliphatic carbocycles. The lowest BCUT2D eigenvalue weighted by Crippen LogP contribution is -2.38. The topological polar surface area (TPSA) is 74.0 Å². The van der Waals surface area contributed by atoms with Crippen molar-refractivity contribution < 1.29 is 9.59 Å². The fourth-order valence-electron chi connectivity index (χ4n) is 2.17. The molecule has 116 valence electrons. The Balaban J connectivity index is 1.96. The molecule has 1 heterocycles. The number of benzene rings is 1. The van der Waals surface area contributed by atoms with E-state index in [1.54, 1.807) is 42.7 Å². The zero-order chi connectivity index (χ0) is 15.9. The predicted octanol–water partition coefficient (Wildman–Crippen LogP) is 1.97. The minimum absolute atomic E-state index is 0.0611. The van der Waals surface area contributed by atoms with Crippen molar-refractivity contribution in [2.24, 2.45) is 0 Å². The molecule has 1 atom stereocenters. The maximum atomic E-state index is 12.1. The standard InChI is InChI=1S/C17H21N3O2/c1-3-19-12(2)10-20-17(22)14-6-4-13(5-7-14)16(21)15-8-9-18-11-15/h4-9,11-12,18-19H,3,10H2,1-2H3,(H,20,22)/t12-/m1/s1. The van der Waals surface area contributed by atoms with E-state index in [-0.39, 0.29) is 17.7 Å². The molecule has 0 fully saturated rings. The highest BCUT2D eigenvalue weighted by Gasteiger charge is 2.11. The van der Waals surface area contributed by atoms with Crippen molar-refractivity contribution in [1.82, 2.24) is 15.6 Å². The molecular weight excluding hydrogens is 278 g/mol. The van der Waals surface area contributed by atoms with Gasteiger partial charge in [0.2, 0.25) is 0 Å². The van der Waals surface area contributed by atoms with Crippen LogP contribution in [0.3, 0.4) is 0 Å². The monoisotopic (exact) mass is 299 g/mol. The summed E-state index contributed by atoms with van der Waals surface area (Å²) in [5.41, 5.74) is 1.73. The molecule has 0 saturated heterocycles.